The van der Waals surface area contributed by atoms with Crippen molar-refractivity contribution in [2.75, 3.05) is 25.6 Å². The molecule has 32 heavy (non-hydrogen) atoms. The van der Waals surface area contributed by atoms with Gasteiger partial charge in [-0.2, -0.15) is 0 Å². The number of ketones is 1. The van der Waals surface area contributed by atoms with Gasteiger partial charge in [-0.05, 0) is 12.3 Å². The van der Waals surface area contributed by atoms with Crippen molar-refractivity contribution in [3.05, 3.63) is 11.3 Å². The molecule has 2 fully saturated rings. The highest BCUT2D eigenvalue weighted by atomic mass is 32.2. The normalized spacial score (nSPS) is 21.4. The van der Waals surface area contributed by atoms with Crippen molar-refractivity contribution in [1.29, 1.82) is 0 Å². The van der Waals surface area contributed by atoms with Gasteiger partial charge in [0.05, 0.1) is 31.1 Å². The number of rotatable bonds is 7. The van der Waals surface area contributed by atoms with Crippen molar-refractivity contribution in [3.63, 3.8) is 0 Å². The molecule has 0 amide bonds. The van der Waals surface area contributed by atoms with E-state index in [9.17, 15) is 14.7 Å². The number of aliphatic hydroxyl groups is 4. The minimum atomic E-state index is -1.21. The number of hydrogen-bond acceptors (Lipinski definition) is 8. The summed E-state index contributed by atoms with van der Waals surface area (Å²) in [7, 11) is 0. The van der Waals surface area contributed by atoms with Gasteiger partial charge in [-0.15, -0.1) is 0 Å². The first-order chi connectivity index (χ1) is 15.4. The quantitative estimate of drug-likeness (QED) is 0.215. The van der Waals surface area contributed by atoms with Crippen LogP contribution in [0.4, 0.5) is 0 Å². The zero-order chi connectivity index (χ0) is 23.8. The van der Waals surface area contributed by atoms with E-state index in [1.165, 1.54) is 70.6 Å². The van der Waals surface area contributed by atoms with Gasteiger partial charge in [0.1, 0.15) is 11.3 Å². The Morgan fingerprint density at radius 1 is 0.875 bits per heavy atom. The molecule has 1 aliphatic heterocycles. The molecule has 0 aromatic carbocycles. The summed E-state index contributed by atoms with van der Waals surface area (Å²) in [5, 5.41) is 34.9. The van der Waals surface area contributed by atoms with Gasteiger partial charge in [0.2, 0.25) is 5.12 Å². The van der Waals surface area contributed by atoms with Gasteiger partial charge in [0.25, 0.3) is 0 Å². The lowest BCUT2D eigenvalue weighted by Gasteiger charge is -2.20. The number of Topliss-reactive ketones (excluding diaryl/α,β-unsaturated/α-hetero) is 1. The van der Waals surface area contributed by atoms with Gasteiger partial charge in [0.15, 0.2) is 5.78 Å². The third kappa shape index (κ3) is 11.3. The second-order valence-corrected chi connectivity index (χ2v) is 10.1. The highest BCUT2D eigenvalue weighted by Crippen LogP contribution is 2.28. The van der Waals surface area contributed by atoms with Gasteiger partial charge in [-0.25, -0.2) is 0 Å². The fraction of sp³-hybridized carbons (Fsp3) is 0.833. The highest BCUT2D eigenvalue weighted by Gasteiger charge is 2.30. The largest absolute Gasteiger partial charge is 0.511 e. The van der Waals surface area contributed by atoms with E-state index in [-0.39, 0.29) is 28.0 Å². The van der Waals surface area contributed by atoms with E-state index in [2.05, 4.69) is 0 Å². The maximum Gasteiger partial charge on any atom is 0.226 e. The monoisotopic (exact) mass is 473 g/mol. The van der Waals surface area contributed by atoms with Crippen molar-refractivity contribution in [3.8, 4) is 0 Å². The first kappa shape index (κ1) is 29.1. The van der Waals surface area contributed by atoms with Gasteiger partial charge < -0.3 is 26.2 Å². The van der Waals surface area contributed by atoms with E-state index in [1.54, 1.807) is 0 Å². The van der Waals surface area contributed by atoms with Crippen molar-refractivity contribution in [1.82, 2.24) is 0 Å². The van der Waals surface area contributed by atoms with Crippen LogP contribution >= 0.6 is 11.8 Å². The lowest BCUT2D eigenvalue weighted by molar-refractivity contribution is -0.115. The number of carbonyl (C=O) groups excluding carboxylic acids is 2. The van der Waals surface area contributed by atoms with Crippen LogP contribution in [0, 0.1) is 5.92 Å². The topological polar surface area (TPSA) is 141 Å². The summed E-state index contributed by atoms with van der Waals surface area (Å²) in [5.41, 5.74) is 4.01. The standard InChI is InChI=1S/C20H32O3S.C4H11NO3/c21-17(19-18(22)15-24-20(19)23)14-10-13-16-11-8-6-4-2-1-3-5-7-9-12-16;5-4(1-6,2-7)3-8/h16,21H,1-15H2;6-8H,1-3,5H2. The van der Waals surface area contributed by atoms with E-state index in [0.717, 1.165) is 30.5 Å². The molecule has 0 bridgehead atoms. The SMILES string of the molecule is NC(CO)(CO)CO.O=C1CSC(=O)C1=C(O)CCCC1CCCCCCCCCCC1. The first-order valence-corrected chi connectivity index (χ1v) is 13.1. The van der Waals surface area contributed by atoms with Gasteiger partial charge in [0, 0.05) is 6.42 Å². The van der Waals surface area contributed by atoms with Crippen molar-refractivity contribution in [2.45, 2.75) is 95.4 Å². The number of nitrogens with two attached hydrogens (primary N) is 1. The second-order valence-electron chi connectivity index (χ2n) is 9.18. The molecule has 2 rings (SSSR count). The molecule has 0 aromatic rings. The van der Waals surface area contributed by atoms with Crippen LogP contribution in [0.1, 0.15) is 89.9 Å². The second kappa shape index (κ2) is 16.6. The van der Waals surface area contributed by atoms with Crippen LogP contribution < -0.4 is 5.73 Å². The molecule has 7 nitrogen and oxygen atoms in total. The molecule has 0 radical (unpaired) electrons. The Labute approximate surface area is 196 Å². The van der Waals surface area contributed by atoms with Gasteiger partial charge in [-0.1, -0.05) is 88.8 Å². The Morgan fingerprint density at radius 2 is 1.34 bits per heavy atom. The Hall–Kier alpha value is -0.930. The van der Waals surface area contributed by atoms with E-state index in [4.69, 9.17) is 21.1 Å². The van der Waals surface area contributed by atoms with Crippen LogP contribution in [0.5, 0.6) is 0 Å². The van der Waals surface area contributed by atoms with Crippen LogP contribution in [0.2, 0.25) is 0 Å². The van der Waals surface area contributed by atoms with E-state index in [0.29, 0.717) is 6.42 Å². The predicted molar refractivity (Wildman–Crippen MR) is 128 cm³/mol. The maximum atomic E-state index is 11.6. The van der Waals surface area contributed by atoms with Crippen LogP contribution in [0.15, 0.2) is 11.3 Å². The number of thioether (sulfide) groups is 1. The predicted octanol–water partition coefficient (Wildman–Crippen LogP) is 3.39. The number of aliphatic hydroxyl groups excluding tert-OH is 4. The van der Waals surface area contributed by atoms with Crippen molar-refractivity contribution < 1.29 is 30.0 Å². The third-order valence-corrected chi connectivity index (χ3v) is 7.17. The fourth-order valence-electron chi connectivity index (χ4n) is 4.04. The molecule has 0 unspecified atom stereocenters. The molecule has 8 heteroatoms. The summed E-state index contributed by atoms with van der Waals surface area (Å²) in [6.45, 7) is -1.21. The van der Waals surface area contributed by atoms with E-state index in [1.807, 2.05) is 0 Å². The Kier molecular flexibility index (Phi) is 15.1. The molecule has 0 atom stereocenters. The zero-order valence-electron chi connectivity index (χ0n) is 19.4. The molecular formula is C24H43NO6S. The number of hydrogen-bond donors (Lipinski definition) is 5. The first-order valence-electron chi connectivity index (χ1n) is 12.1. The Bertz CT molecular complexity index is 553. The smallest absolute Gasteiger partial charge is 0.226 e. The Balaban J connectivity index is 0.000000547. The highest BCUT2D eigenvalue weighted by molar-refractivity contribution is 8.15. The van der Waals surface area contributed by atoms with E-state index < -0.39 is 25.4 Å². The third-order valence-electron chi connectivity index (χ3n) is 6.30. The number of carbonyl (C=O) groups is 2. The van der Waals surface area contributed by atoms with Crippen LogP contribution in [-0.2, 0) is 9.59 Å². The molecule has 2 aliphatic rings. The zero-order valence-corrected chi connectivity index (χ0v) is 20.2. The summed E-state index contributed by atoms with van der Waals surface area (Å²) in [5.74, 6) is 0.768. The molecule has 1 aliphatic carbocycles. The maximum absolute atomic E-state index is 11.6. The summed E-state index contributed by atoms with van der Waals surface area (Å²) >= 11 is 1.01. The average Bonchev–Trinajstić information content (AvgIpc) is 3.13. The minimum absolute atomic E-state index is 0.0307. The van der Waals surface area contributed by atoms with Crippen LogP contribution in [-0.4, -0.2) is 62.4 Å². The molecule has 186 valence electrons. The average molecular weight is 474 g/mol. The molecule has 6 N–H and O–H groups in total. The summed E-state index contributed by atoms with van der Waals surface area (Å²) in [4.78, 5) is 23.3. The lowest BCUT2D eigenvalue weighted by atomic mass is 9.89. The van der Waals surface area contributed by atoms with E-state index >= 15 is 0 Å². The minimum Gasteiger partial charge on any atom is -0.511 e. The number of allylic oxidation sites excluding steroid dienone is 1. The van der Waals surface area contributed by atoms with Crippen molar-refractivity contribution in [2.24, 2.45) is 11.7 Å². The molecule has 1 saturated carbocycles. The van der Waals surface area contributed by atoms with Crippen LogP contribution in [0.25, 0.3) is 0 Å². The summed E-state index contributed by atoms with van der Waals surface area (Å²) < 4.78 is 0. The van der Waals surface area contributed by atoms with Crippen molar-refractivity contribution >= 4 is 22.7 Å². The van der Waals surface area contributed by atoms with Gasteiger partial charge >= 0.3 is 0 Å². The molecule has 1 heterocycles. The summed E-state index contributed by atoms with van der Waals surface area (Å²) in [6, 6.07) is 0. The molecular weight excluding hydrogens is 430 g/mol. The van der Waals surface area contributed by atoms with Crippen LogP contribution in [0.3, 0.4) is 0 Å². The molecule has 0 spiro atoms. The molecule has 0 aromatic heterocycles. The Morgan fingerprint density at radius 3 is 1.72 bits per heavy atom. The summed E-state index contributed by atoms with van der Waals surface area (Å²) in [6.07, 6.45) is 17.4. The van der Waals surface area contributed by atoms with Gasteiger partial charge in [-0.3, -0.25) is 9.59 Å². The molecule has 1 saturated heterocycles. The fourth-order valence-corrected chi connectivity index (χ4v) is 4.82. The lowest BCUT2D eigenvalue weighted by Crippen LogP contribution is -2.50.